The Bertz CT molecular complexity index is 1490. The van der Waals surface area contributed by atoms with Crippen molar-refractivity contribution in [2.24, 2.45) is 12.8 Å². The number of amidine groups is 1. The van der Waals surface area contributed by atoms with E-state index in [4.69, 9.17) is 20.9 Å². The van der Waals surface area contributed by atoms with E-state index in [1.165, 1.54) is 0 Å². The number of carbonyl (C=O) groups excluding carboxylic acids is 2. The molecule has 39 heavy (non-hydrogen) atoms. The molecule has 1 heterocycles. The molecule has 0 aliphatic rings. The van der Waals surface area contributed by atoms with E-state index in [0.717, 1.165) is 34.7 Å². The van der Waals surface area contributed by atoms with Gasteiger partial charge in [0, 0.05) is 36.1 Å². The van der Waals surface area contributed by atoms with Gasteiger partial charge in [0.25, 0.3) is 5.91 Å². The van der Waals surface area contributed by atoms with Gasteiger partial charge in [-0.1, -0.05) is 19.1 Å². The molecule has 0 atom stereocenters. The number of carbonyl (C=O) groups is 2. The van der Waals surface area contributed by atoms with Crippen LogP contribution < -0.4 is 16.0 Å². The first-order valence-electron chi connectivity index (χ1n) is 13.0. The van der Waals surface area contributed by atoms with E-state index in [0.29, 0.717) is 29.8 Å². The van der Waals surface area contributed by atoms with E-state index in [2.05, 4.69) is 12.2 Å². The van der Waals surface area contributed by atoms with Crippen molar-refractivity contribution < 1.29 is 14.3 Å². The molecule has 9 heteroatoms. The molecule has 1 amide bonds. The number of rotatable bonds is 11. The van der Waals surface area contributed by atoms with E-state index < -0.39 is 0 Å². The number of esters is 1. The van der Waals surface area contributed by atoms with Crippen LogP contribution in [-0.2, 0) is 29.5 Å². The molecule has 1 aromatic heterocycles. The molecule has 0 fully saturated rings. The molecule has 0 aliphatic carbocycles. The minimum Gasteiger partial charge on any atom is -0.466 e. The predicted octanol–water partition coefficient (Wildman–Crippen LogP) is 4.63. The molecule has 3 aromatic carbocycles. The zero-order valence-electron chi connectivity index (χ0n) is 22.5. The largest absolute Gasteiger partial charge is 0.466 e. The molecule has 0 saturated carbocycles. The highest BCUT2D eigenvalue weighted by molar-refractivity contribution is 6.08. The number of benzene rings is 3. The molecule has 0 radical (unpaired) electrons. The van der Waals surface area contributed by atoms with Crippen molar-refractivity contribution in [1.82, 2.24) is 9.55 Å². The number of nitrogen functional groups attached to an aromatic ring is 1. The summed E-state index contributed by atoms with van der Waals surface area (Å²) < 4.78 is 7.08. The number of hydrogen-bond donors (Lipinski definition) is 3. The predicted molar refractivity (Wildman–Crippen MR) is 154 cm³/mol. The van der Waals surface area contributed by atoms with E-state index >= 15 is 0 Å². The van der Waals surface area contributed by atoms with Gasteiger partial charge in [-0.15, -0.1) is 0 Å². The van der Waals surface area contributed by atoms with Crippen LogP contribution in [0.25, 0.3) is 11.0 Å². The fourth-order valence-electron chi connectivity index (χ4n) is 4.37. The molecule has 0 aliphatic heterocycles. The van der Waals surface area contributed by atoms with Gasteiger partial charge in [0.15, 0.2) is 0 Å². The molecular formula is C30H34N6O3. The summed E-state index contributed by atoms with van der Waals surface area (Å²) in [6, 6.07) is 20.6. The number of nitrogens with zero attached hydrogens (tertiary/aromatic N) is 3. The maximum Gasteiger partial charge on any atom is 0.307 e. The van der Waals surface area contributed by atoms with E-state index in [9.17, 15) is 9.59 Å². The zero-order chi connectivity index (χ0) is 27.9. The lowest BCUT2D eigenvalue weighted by molar-refractivity contribution is -0.142. The van der Waals surface area contributed by atoms with Crippen LogP contribution in [-0.4, -0.2) is 40.4 Å². The standard InChI is InChI=1S/C30H34N6O3/c1-4-20-7-6-8-24(17-20)36(16-15-28(37)39-5-2)30(38)22-11-14-26-25(18-22)34-27(35(26)3)19-33-23-12-9-21(10-13-23)29(31)32/h6-14,17-18,33H,4-5,15-16,19H2,1-3H3,(H3,31,32). The zero-order valence-corrected chi connectivity index (χ0v) is 22.5. The maximum atomic E-state index is 13.7. The van der Waals surface area contributed by atoms with Gasteiger partial charge < -0.3 is 25.3 Å². The number of nitrogens with one attached hydrogen (secondary N) is 2. The SMILES string of the molecule is CCOC(=O)CCN(C(=O)c1ccc2c(c1)nc(CNc1ccc(C(=N)N)cc1)n2C)c1cccc(CC)c1. The van der Waals surface area contributed by atoms with E-state index in [1.54, 1.807) is 36.1 Å². The highest BCUT2D eigenvalue weighted by Crippen LogP contribution is 2.23. The lowest BCUT2D eigenvalue weighted by atomic mass is 10.1. The quantitative estimate of drug-likeness (QED) is 0.149. The van der Waals surface area contributed by atoms with Crippen LogP contribution in [0.3, 0.4) is 0 Å². The molecule has 4 N–H and O–H groups in total. The molecule has 4 aromatic rings. The topological polar surface area (TPSA) is 126 Å². The molecule has 0 unspecified atom stereocenters. The Morgan fingerprint density at radius 1 is 1.05 bits per heavy atom. The summed E-state index contributed by atoms with van der Waals surface area (Å²) in [5.41, 5.74) is 11.0. The highest BCUT2D eigenvalue weighted by atomic mass is 16.5. The van der Waals surface area contributed by atoms with Crippen LogP contribution in [0.4, 0.5) is 11.4 Å². The minimum absolute atomic E-state index is 0.0276. The minimum atomic E-state index is -0.338. The van der Waals surface area contributed by atoms with Crippen LogP contribution in [0.2, 0.25) is 0 Å². The van der Waals surface area contributed by atoms with Crippen molar-refractivity contribution in [2.45, 2.75) is 33.2 Å². The summed E-state index contributed by atoms with van der Waals surface area (Å²) in [7, 11) is 1.94. The van der Waals surface area contributed by atoms with Crippen molar-refractivity contribution in [1.29, 1.82) is 5.41 Å². The van der Waals surface area contributed by atoms with Crippen LogP contribution in [0, 0.1) is 5.41 Å². The third-order valence-electron chi connectivity index (χ3n) is 6.59. The Morgan fingerprint density at radius 2 is 1.79 bits per heavy atom. The summed E-state index contributed by atoms with van der Waals surface area (Å²) in [4.78, 5) is 32.2. The average Bonchev–Trinajstić information content (AvgIpc) is 3.26. The molecular weight excluding hydrogens is 492 g/mol. The Labute approximate surface area is 228 Å². The van der Waals surface area contributed by atoms with Crippen LogP contribution in [0.5, 0.6) is 0 Å². The van der Waals surface area contributed by atoms with Gasteiger partial charge in [0.2, 0.25) is 0 Å². The van der Waals surface area contributed by atoms with E-state index in [-0.39, 0.29) is 30.7 Å². The van der Waals surface area contributed by atoms with Crippen molar-refractivity contribution in [3.05, 3.63) is 89.2 Å². The summed E-state index contributed by atoms with van der Waals surface area (Å²) in [6.45, 7) is 4.81. The third kappa shape index (κ3) is 6.43. The number of imidazole rings is 1. The Kier molecular flexibility index (Phi) is 8.60. The molecule has 0 saturated heterocycles. The van der Waals surface area contributed by atoms with Crippen LogP contribution in [0.1, 0.15) is 47.6 Å². The van der Waals surface area contributed by atoms with Crippen molar-refractivity contribution in [3.63, 3.8) is 0 Å². The van der Waals surface area contributed by atoms with Crippen LogP contribution in [0.15, 0.2) is 66.7 Å². The lowest BCUT2D eigenvalue weighted by Gasteiger charge is -2.23. The van der Waals surface area contributed by atoms with Gasteiger partial charge in [-0.2, -0.15) is 0 Å². The molecule has 202 valence electrons. The highest BCUT2D eigenvalue weighted by Gasteiger charge is 2.21. The van der Waals surface area contributed by atoms with Gasteiger partial charge >= 0.3 is 5.97 Å². The van der Waals surface area contributed by atoms with Gasteiger partial charge in [-0.25, -0.2) is 4.98 Å². The van der Waals surface area contributed by atoms with Gasteiger partial charge in [0.1, 0.15) is 11.7 Å². The van der Waals surface area contributed by atoms with E-state index in [1.807, 2.05) is 54.1 Å². The number of aromatic nitrogens is 2. The fraction of sp³-hybridized carbons (Fsp3) is 0.267. The Morgan fingerprint density at radius 3 is 2.49 bits per heavy atom. The molecule has 0 bridgehead atoms. The van der Waals surface area contributed by atoms with Gasteiger partial charge in [0.05, 0.1) is 30.6 Å². The average molecular weight is 527 g/mol. The first kappa shape index (κ1) is 27.4. The Balaban J connectivity index is 1.57. The van der Waals surface area contributed by atoms with Gasteiger partial charge in [-0.05, 0) is 73.5 Å². The van der Waals surface area contributed by atoms with Crippen molar-refractivity contribution >= 4 is 40.1 Å². The monoisotopic (exact) mass is 526 g/mol. The Hall–Kier alpha value is -4.66. The summed E-state index contributed by atoms with van der Waals surface area (Å²) in [5, 5.41) is 10.9. The normalized spacial score (nSPS) is 10.8. The second-order valence-electron chi connectivity index (χ2n) is 9.17. The van der Waals surface area contributed by atoms with Gasteiger partial charge in [-0.3, -0.25) is 15.0 Å². The maximum absolute atomic E-state index is 13.7. The third-order valence-corrected chi connectivity index (χ3v) is 6.59. The molecule has 0 spiro atoms. The number of hydrogen-bond acceptors (Lipinski definition) is 6. The number of ether oxygens (including phenoxy) is 1. The smallest absolute Gasteiger partial charge is 0.307 e. The number of anilines is 2. The second-order valence-corrected chi connectivity index (χ2v) is 9.17. The number of aryl methyl sites for hydroxylation is 2. The van der Waals surface area contributed by atoms with Crippen molar-refractivity contribution in [3.8, 4) is 0 Å². The summed E-state index contributed by atoms with van der Waals surface area (Å²) in [6.07, 6.45) is 0.941. The first-order chi connectivity index (χ1) is 18.8. The number of amides is 1. The van der Waals surface area contributed by atoms with Crippen LogP contribution >= 0.6 is 0 Å². The molecule has 4 rings (SSSR count). The fourth-order valence-corrected chi connectivity index (χ4v) is 4.37. The number of fused-ring (bicyclic) bond motifs is 1. The number of nitrogens with two attached hydrogens (primary N) is 1. The molecule has 9 nitrogen and oxygen atoms in total. The second kappa shape index (κ2) is 12.3. The summed E-state index contributed by atoms with van der Waals surface area (Å²) in [5.74, 6) is 0.292. The first-order valence-corrected chi connectivity index (χ1v) is 13.0. The lowest BCUT2D eigenvalue weighted by Crippen LogP contribution is -2.33. The van der Waals surface area contributed by atoms with Crippen molar-refractivity contribution in [2.75, 3.05) is 23.4 Å². The summed E-state index contributed by atoms with van der Waals surface area (Å²) >= 11 is 0.